The Balaban J connectivity index is 0.907. The number of urea groups is 1. The van der Waals surface area contributed by atoms with Crippen LogP contribution >= 0.6 is 0 Å². The second-order valence-electron chi connectivity index (χ2n) is 15.5. The summed E-state index contributed by atoms with van der Waals surface area (Å²) in [5, 5.41) is 16.2. The van der Waals surface area contributed by atoms with E-state index < -0.39 is 6.29 Å². The van der Waals surface area contributed by atoms with Gasteiger partial charge in [-0.1, -0.05) is 84.9 Å². The third-order valence-corrected chi connectivity index (χ3v) is 11.9. The first-order chi connectivity index (χ1) is 25.0. The third kappa shape index (κ3) is 6.68. The monoisotopic (exact) mass is 682 g/mol. The first-order valence-electron chi connectivity index (χ1n) is 18.6. The average Bonchev–Trinajstić information content (AvgIpc) is 3.56. The molecule has 0 unspecified atom stereocenters. The number of carbonyl (C=O) groups excluding carboxylic acids is 1. The largest absolute Gasteiger partial charge is 0.392 e. The SMILES string of the molecule is O=C(NCc1ccccc1-c1ccc([C@@H]2O[C@H](Cn3cnc4ccccc43)C[C@H](c3ccc(CO)cc3)O2)cc1)NC12CC3CC(CC(C3)C1)C2. The first-order valence-corrected chi connectivity index (χ1v) is 18.6. The van der Waals surface area contributed by atoms with Crippen LogP contribution in [0.15, 0.2) is 103 Å². The molecule has 2 amide bonds. The quantitative estimate of drug-likeness (QED) is 0.146. The maximum Gasteiger partial charge on any atom is 0.315 e. The number of para-hydroxylation sites is 2. The number of carbonyl (C=O) groups is 1. The minimum Gasteiger partial charge on any atom is -0.392 e. The van der Waals surface area contributed by atoms with Gasteiger partial charge in [0.2, 0.25) is 0 Å². The highest BCUT2D eigenvalue weighted by molar-refractivity contribution is 5.76. The van der Waals surface area contributed by atoms with E-state index in [1.54, 1.807) is 0 Å². The Hall–Kier alpha value is -4.50. The topological polar surface area (TPSA) is 97.6 Å². The summed E-state index contributed by atoms with van der Waals surface area (Å²) in [7, 11) is 0. The summed E-state index contributed by atoms with van der Waals surface area (Å²) < 4.78 is 15.5. The van der Waals surface area contributed by atoms with Gasteiger partial charge in [0.25, 0.3) is 0 Å². The Bertz CT molecular complexity index is 1970. The van der Waals surface area contributed by atoms with Gasteiger partial charge in [0, 0.05) is 24.1 Å². The van der Waals surface area contributed by atoms with Crippen LogP contribution in [0.1, 0.15) is 79.6 Å². The molecule has 3 atom stereocenters. The molecule has 8 nitrogen and oxygen atoms in total. The van der Waals surface area contributed by atoms with Crippen LogP contribution in [0, 0.1) is 17.8 Å². The molecule has 4 bridgehead atoms. The average molecular weight is 683 g/mol. The minimum atomic E-state index is -0.555. The van der Waals surface area contributed by atoms with E-state index >= 15 is 0 Å². The maximum absolute atomic E-state index is 13.3. The molecule has 8 heteroatoms. The summed E-state index contributed by atoms with van der Waals surface area (Å²) in [6, 6.07) is 32.8. The van der Waals surface area contributed by atoms with Crippen LogP contribution in [0.2, 0.25) is 0 Å². The lowest BCUT2D eigenvalue weighted by atomic mass is 9.53. The molecule has 5 aliphatic rings. The molecule has 2 heterocycles. The number of hydrogen-bond donors (Lipinski definition) is 3. The fraction of sp³-hybridized carbons (Fsp3) is 0.395. The van der Waals surface area contributed by atoms with E-state index in [1.165, 1.54) is 19.3 Å². The van der Waals surface area contributed by atoms with Gasteiger partial charge in [0.1, 0.15) is 0 Å². The van der Waals surface area contributed by atoms with E-state index in [9.17, 15) is 9.90 Å². The van der Waals surface area contributed by atoms with Gasteiger partial charge in [-0.05, 0) is 96.2 Å². The van der Waals surface area contributed by atoms with E-state index in [0.717, 1.165) is 81.4 Å². The standard InChI is InChI=1S/C43H46N4O4/c48-26-28-9-11-33(12-10-28)40-20-36(25-47-27-45-38-7-3-4-8-39(38)47)50-41(51-40)34-15-13-32(14-16-34)37-6-2-1-5-35(37)24-44-42(49)46-43-21-29-17-30(22-43)19-31(18-29)23-43/h1-16,27,29-31,36,40-41,48H,17-26H2,(H2,44,46,49)/t29?,30?,31?,36-,40+,41+,43?/m0/s1. The van der Waals surface area contributed by atoms with Gasteiger partial charge in [-0.2, -0.15) is 0 Å². The lowest BCUT2D eigenvalue weighted by Crippen LogP contribution is -2.61. The number of aliphatic hydroxyl groups is 1. The smallest absolute Gasteiger partial charge is 0.315 e. The molecule has 1 aromatic heterocycles. The number of fused-ring (bicyclic) bond motifs is 1. The fourth-order valence-electron chi connectivity index (χ4n) is 9.91. The molecule has 4 saturated carbocycles. The van der Waals surface area contributed by atoms with Crippen molar-refractivity contribution in [1.29, 1.82) is 0 Å². The van der Waals surface area contributed by atoms with Gasteiger partial charge >= 0.3 is 6.03 Å². The number of hydrogen-bond acceptors (Lipinski definition) is 5. The molecule has 0 spiro atoms. The molecular formula is C43H46N4O4. The number of rotatable bonds is 9. The molecule has 5 fully saturated rings. The van der Waals surface area contributed by atoms with E-state index in [1.807, 2.05) is 60.9 Å². The Morgan fingerprint density at radius 1 is 0.804 bits per heavy atom. The summed E-state index contributed by atoms with van der Waals surface area (Å²) in [6.45, 7) is 1.13. The number of aliphatic hydroxyl groups excluding tert-OH is 1. The van der Waals surface area contributed by atoms with Crippen LogP contribution in [0.5, 0.6) is 0 Å². The normalized spacial score (nSPS) is 28.2. The zero-order valence-electron chi connectivity index (χ0n) is 28.9. The Labute approximate surface area is 299 Å². The number of amides is 2. The van der Waals surface area contributed by atoms with Crippen molar-refractivity contribution in [1.82, 2.24) is 20.2 Å². The zero-order valence-corrected chi connectivity index (χ0v) is 28.9. The van der Waals surface area contributed by atoms with Gasteiger partial charge in [0.05, 0.1) is 42.7 Å². The van der Waals surface area contributed by atoms with Gasteiger partial charge in [-0.25, -0.2) is 9.78 Å². The van der Waals surface area contributed by atoms with Crippen molar-refractivity contribution in [2.45, 2.75) is 88.7 Å². The van der Waals surface area contributed by atoms with E-state index in [0.29, 0.717) is 19.5 Å². The van der Waals surface area contributed by atoms with Crippen molar-refractivity contribution in [2.24, 2.45) is 17.8 Å². The third-order valence-electron chi connectivity index (χ3n) is 11.9. The number of imidazole rings is 1. The number of benzene rings is 4. The van der Waals surface area contributed by atoms with Crippen LogP contribution < -0.4 is 10.6 Å². The molecule has 4 aromatic carbocycles. The van der Waals surface area contributed by atoms with Crippen molar-refractivity contribution in [2.75, 3.05) is 0 Å². The van der Waals surface area contributed by atoms with Gasteiger partial charge in [-0.3, -0.25) is 0 Å². The van der Waals surface area contributed by atoms with Crippen molar-refractivity contribution < 1.29 is 19.4 Å². The second kappa shape index (κ2) is 13.6. The predicted octanol–water partition coefficient (Wildman–Crippen LogP) is 8.21. The molecule has 4 aliphatic carbocycles. The molecule has 51 heavy (non-hydrogen) atoms. The van der Waals surface area contributed by atoms with Gasteiger partial charge in [-0.15, -0.1) is 0 Å². The minimum absolute atomic E-state index is 0.00838. The molecular weight excluding hydrogens is 636 g/mol. The van der Waals surface area contributed by atoms with Crippen molar-refractivity contribution in [3.8, 4) is 11.1 Å². The lowest BCUT2D eigenvalue weighted by Gasteiger charge is -2.56. The summed E-state index contributed by atoms with van der Waals surface area (Å²) >= 11 is 0. The van der Waals surface area contributed by atoms with Gasteiger partial charge in [0.15, 0.2) is 6.29 Å². The molecule has 0 radical (unpaired) electrons. The van der Waals surface area contributed by atoms with E-state index in [2.05, 4.69) is 62.6 Å². The summed E-state index contributed by atoms with van der Waals surface area (Å²) in [5.74, 6) is 2.37. The molecule has 1 aliphatic heterocycles. The molecule has 5 aromatic rings. The summed E-state index contributed by atoms with van der Waals surface area (Å²) in [6.07, 6.45) is 9.23. The van der Waals surface area contributed by atoms with E-state index in [-0.39, 0.29) is 30.4 Å². The van der Waals surface area contributed by atoms with Crippen LogP contribution in [-0.2, 0) is 29.2 Å². The highest BCUT2D eigenvalue weighted by Gasteiger charge is 2.51. The molecule has 1 saturated heterocycles. The Morgan fingerprint density at radius 3 is 2.24 bits per heavy atom. The number of nitrogens with one attached hydrogen (secondary N) is 2. The summed E-state index contributed by atoms with van der Waals surface area (Å²) in [5.41, 5.74) is 8.16. The van der Waals surface area contributed by atoms with Crippen molar-refractivity contribution in [3.63, 3.8) is 0 Å². The molecule has 10 rings (SSSR count). The Morgan fingerprint density at radius 2 is 1.49 bits per heavy atom. The Kier molecular flexibility index (Phi) is 8.62. The van der Waals surface area contributed by atoms with Crippen LogP contribution in [-0.4, -0.2) is 32.3 Å². The highest BCUT2D eigenvalue weighted by Crippen LogP contribution is 2.55. The van der Waals surface area contributed by atoms with Crippen molar-refractivity contribution >= 4 is 17.1 Å². The van der Waals surface area contributed by atoms with Crippen LogP contribution in [0.3, 0.4) is 0 Å². The fourth-order valence-corrected chi connectivity index (χ4v) is 9.91. The summed E-state index contributed by atoms with van der Waals surface area (Å²) in [4.78, 5) is 17.8. The lowest BCUT2D eigenvalue weighted by molar-refractivity contribution is -0.252. The van der Waals surface area contributed by atoms with Crippen LogP contribution in [0.4, 0.5) is 4.79 Å². The highest BCUT2D eigenvalue weighted by atomic mass is 16.7. The molecule has 262 valence electrons. The predicted molar refractivity (Wildman–Crippen MR) is 196 cm³/mol. The van der Waals surface area contributed by atoms with Gasteiger partial charge < -0.3 is 29.8 Å². The van der Waals surface area contributed by atoms with Crippen LogP contribution in [0.25, 0.3) is 22.2 Å². The second-order valence-corrected chi connectivity index (χ2v) is 15.5. The number of aromatic nitrogens is 2. The number of ether oxygens (including phenoxy) is 2. The first kappa shape index (κ1) is 32.4. The van der Waals surface area contributed by atoms with Crippen molar-refractivity contribution in [3.05, 3.63) is 126 Å². The zero-order chi connectivity index (χ0) is 34.4. The molecule has 3 N–H and O–H groups in total. The maximum atomic E-state index is 13.3. The van der Waals surface area contributed by atoms with E-state index in [4.69, 9.17) is 9.47 Å². The number of nitrogens with zero attached hydrogens (tertiary/aromatic N) is 2.